The minimum Gasteiger partial charge on any atom is -0.493 e. The third-order valence-electron chi connectivity index (χ3n) is 5.07. The Labute approximate surface area is 165 Å². The third-order valence-corrected chi connectivity index (χ3v) is 5.07. The zero-order chi connectivity index (χ0) is 19.3. The molecule has 0 saturated carbocycles. The van der Waals surface area contributed by atoms with Gasteiger partial charge in [-0.05, 0) is 47.4 Å². The van der Waals surface area contributed by atoms with E-state index in [1.54, 1.807) is 13.3 Å². The summed E-state index contributed by atoms with van der Waals surface area (Å²) < 4.78 is 13.6. The molecule has 5 nitrogen and oxygen atoms in total. The van der Waals surface area contributed by atoms with Crippen molar-refractivity contribution >= 4 is 6.08 Å². The minimum absolute atomic E-state index is 0.135. The Kier molecular flexibility index (Phi) is 5.44. The molecule has 0 bridgehead atoms. The molecule has 2 heterocycles. The van der Waals surface area contributed by atoms with Gasteiger partial charge in [0.15, 0.2) is 11.5 Å². The van der Waals surface area contributed by atoms with Gasteiger partial charge in [0.05, 0.1) is 18.8 Å². The molecule has 28 heavy (non-hydrogen) atoms. The molecule has 0 saturated heterocycles. The summed E-state index contributed by atoms with van der Waals surface area (Å²) in [5.74, 6) is 1.55. The molecule has 5 heteroatoms. The highest BCUT2D eigenvalue weighted by atomic mass is 16.5. The van der Waals surface area contributed by atoms with Gasteiger partial charge in [-0.3, -0.25) is 4.68 Å². The van der Waals surface area contributed by atoms with E-state index in [0.717, 1.165) is 35.7 Å². The zero-order valence-corrected chi connectivity index (χ0v) is 16.3. The van der Waals surface area contributed by atoms with Crippen LogP contribution >= 0.6 is 0 Å². The number of aromatic nitrogens is 2. The highest BCUT2D eigenvalue weighted by molar-refractivity contribution is 5.53. The maximum Gasteiger partial charge on any atom is 0.161 e. The maximum absolute atomic E-state index is 6.07. The molecule has 1 aliphatic rings. The molecule has 0 spiro atoms. The van der Waals surface area contributed by atoms with Crippen LogP contribution in [-0.4, -0.2) is 23.4 Å². The summed E-state index contributed by atoms with van der Waals surface area (Å²) in [4.78, 5) is 0. The molecule has 1 unspecified atom stereocenters. The van der Waals surface area contributed by atoms with Gasteiger partial charge in [-0.15, -0.1) is 0 Å². The van der Waals surface area contributed by atoms with Crippen molar-refractivity contribution in [1.82, 2.24) is 15.1 Å². The van der Waals surface area contributed by atoms with Gasteiger partial charge in [0.1, 0.15) is 6.61 Å². The van der Waals surface area contributed by atoms with E-state index in [-0.39, 0.29) is 6.04 Å². The number of hydrogen-bond donors (Lipinski definition) is 1. The van der Waals surface area contributed by atoms with E-state index >= 15 is 0 Å². The van der Waals surface area contributed by atoms with Crippen LogP contribution in [0.5, 0.6) is 11.5 Å². The second-order valence-electron chi connectivity index (χ2n) is 6.90. The van der Waals surface area contributed by atoms with Gasteiger partial charge in [0.2, 0.25) is 0 Å². The Morgan fingerprint density at radius 2 is 2.04 bits per heavy atom. The summed E-state index contributed by atoms with van der Waals surface area (Å²) in [6.07, 6.45) is 7.06. The molecule has 1 atom stereocenters. The fraction of sp³-hybridized carbons (Fsp3) is 0.261. The largest absolute Gasteiger partial charge is 0.493 e. The number of nitrogens with zero attached hydrogens (tertiary/aromatic N) is 2. The van der Waals surface area contributed by atoms with Crippen molar-refractivity contribution in [3.63, 3.8) is 0 Å². The van der Waals surface area contributed by atoms with Crippen molar-refractivity contribution in [2.45, 2.75) is 19.1 Å². The van der Waals surface area contributed by atoms with Gasteiger partial charge in [-0.2, -0.15) is 5.10 Å². The second kappa shape index (κ2) is 8.31. The number of aryl methyl sites for hydroxylation is 1. The Bertz CT molecular complexity index is 963. The van der Waals surface area contributed by atoms with E-state index in [1.807, 2.05) is 36.0 Å². The number of rotatable bonds is 6. The van der Waals surface area contributed by atoms with Crippen molar-refractivity contribution in [2.24, 2.45) is 7.05 Å². The Balaban J connectivity index is 1.57. The van der Waals surface area contributed by atoms with E-state index in [2.05, 4.69) is 46.8 Å². The predicted octanol–water partition coefficient (Wildman–Crippen LogP) is 3.91. The van der Waals surface area contributed by atoms with Gasteiger partial charge in [0, 0.05) is 19.8 Å². The van der Waals surface area contributed by atoms with Crippen LogP contribution in [0.1, 0.15) is 28.4 Å². The van der Waals surface area contributed by atoms with Crippen LogP contribution in [0.2, 0.25) is 0 Å². The first-order valence-corrected chi connectivity index (χ1v) is 9.51. The molecule has 4 rings (SSSR count). The number of ether oxygens (including phenoxy) is 2. The van der Waals surface area contributed by atoms with Crippen LogP contribution in [-0.2, 0) is 20.1 Å². The van der Waals surface area contributed by atoms with E-state index in [1.165, 1.54) is 11.1 Å². The monoisotopic (exact) mass is 375 g/mol. The molecule has 1 aromatic heterocycles. The molecule has 3 aromatic rings. The maximum atomic E-state index is 6.07. The second-order valence-corrected chi connectivity index (χ2v) is 6.90. The smallest absolute Gasteiger partial charge is 0.161 e. The molecule has 0 radical (unpaired) electrons. The van der Waals surface area contributed by atoms with Crippen molar-refractivity contribution in [1.29, 1.82) is 0 Å². The van der Waals surface area contributed by atoms with E-state index in [9.17, 15) is 0 Å². The summed E-state index contributed by atoms with van der Waals surface area (Å²) in [5.41, 5.74) is 4.74. The van der Waals surface area contributed by atoms with Crippen LogP contribution in [0.4, 0.5) is 0 Å². The van der Waals surface area contributed by atoms with Gasteiger partial charge in [-0.1, -0.05) is 36.4 Å². The molecule has 0 aliphatic carbocycles. The van der Waals surface area contributed by atoms with Crippen LogP contribution in [0.3, 0.4) is 0 Å². The molecule has 1 aliphatic heterocycles. The normalized spacial score (nSPS) is 16.1. The summed E-state index contributed by atoms with van der Waals surface area (Å²) in [5, 5.41) is 7.79. The highest BCUT2D eigenvalue weighted by Crippen LogP contribution is 2.36. The van der Waals surface area contributed by atoms with Crippen LogP contribution in [0.25, 0.3) is 6.08 Å². The first-order valence-electron chi connectivity index (χ1n) is 9.51. The number of nitrogens with one attached hydrogen (secondary N) is 1. The number of fused-ring (bicyclic) bond motifs is 1. The third kappa shape index (κ3) is 3.94. The van der Waals surface area contributed by atoms with Crippen molar-refractivity contribution < 1.29 is 9.47 Å². The van der Waals surface area contributed by atoms with Crippen LogP contribution < -0.4 is 14.8 Å². The Hall–Kier alpha value is -3.05. The quantitative estimate of drug-likeness (QED) is 0.710. The zero-order valence-electron chi connectivity index (χ0n) is 16.3. The summed E-state index contributed by atoms with van der Waals surface area (Å²) in [7, 11) is 3.63. The van der Waals surface area contributed by atoms with Crippen molar-refractivity contribution in [3.8, 4) is 11.5 Å². The molecule has 0 fully saturated rings. The number of methoxy groups -OCH3 is 1. The van der Waals surface area contributed by atoms with Crippen LogP contribution in [0, 0.1) is 0 Å². The van der Waals surface area contributed by atoms with Crippen molar-refractivity contribution in [2.75, 3.05) is 13.7 Å². The average molecular weight is 375 g/mol. The van der Waals surface area contributed by atoms with E-state index < -0.39 is 0 Å². The fourth-order valence-electron chi connectivity index (χ4n) is 3.52. The average Bonchev–Trinajstić information content (AvgIpc) is 3.15. The lowest BCUT2D eigenvalue weighted by molar-refractivity contribution is 0.283. The SMILES string of the molecule is COc1cc2c(cc1OCc1ccccc1)CCNC2C=Cc1ccnn1C. The first-order chi connectivity index (χ1) is 13.7. The summed E-state index contributed by atoms with van der Waals surface area (Å²) in [6.45, 7) is 1.45. The Morgan fingerprint density at radius 3 is 2.79 bits per heavy atom. The molecular formula is C23H25N3O2. The Morgan fingerprint density at radius 1 is 1.18 bits per heavy atom. The topological polar surface area (TPSA) is 48.3 Å². The lowest BCUT2D eigenvalue weighted by Gasteiger charge is -2.26. The lowest BCUT2D eigenvalue weighted by atomic mass is 9.93. The molecular weight excluding hydrogens is 350 g/mol. The highest BCUT2D eigenvalue weighted by Gasteiger charge is 2.21. The van der Waals surface area contributed by atoms with Gasteiger partial charge >= 0.3 is 0 Å². The first kappa shape index (κ1) is 18.3. The predicted molar refractivity (Wildman–Crippen MR) is 110 cm³/mol. The molecule has 1 N–H and O–H groups in total. The minimum atomic E-state index is 0.135. The number of benzene rings is 2. The van der Waals surface area contributed by atoms with Gasteiger partial charge in [0.25, 0.3) is 0 Å². The van der Waals surface area contributed by atoms with Gasteiger partial charge in [-0.25, -0.2) is 0 Å². The van der Waals surface area contributed by atoms with Gasteiger partial charge < -0.3 is 14.8 Å². The summed E-state index contributed by atoms with van der Waals surface area (Å²) in [6, 6.07) is 16.5. The van der Waals surface area contributed by atoms with E-state index in [4.69, 9.17) is 9.47 Å². The lowest BCUT2D eigenvalue weighted by Crippen LogP contribution is -2.28. The van der Waals surface area contributed by atoms with Crippen LogP contribution in [0.15, 0.2) is 60.8 Å². The number of hydrogen-bond acceptors (Lipinski definition) is 4. The van der Waals surface area contributed by atoms with E-state index in [0.29, 0.717) is 6.61 Å². The molecule has 2 aromatic carbocycles. The molecule has 0 amide bonds. The van der Waals surface area contributed by atoms with Crippen molar-refractivity contribution in [3.05, 3.63) is 83.2 Å². The fourth-order valence-corrected chi connectivity index (χ4v) is 3.52. The summed E-state index contributed by atoms with van der Waals surface area (Å²) >= 11 is 0. The molecule has 144 valence electrons. The standard InChI is InChI=1S/C23H25N3O2/c1-26-19(11-13-25-26)8-9-21-20-15-22(27-2)23(14-18(20)10-12-24-21)28-16-17-6-4-3-5-7-17/h3-9,11,13-15,21,24H,10,12,16H2,1-2H3.